The molecule has 4 aromatic rings. The molecular weight excluding hydrogens is 350 g/mol. The van der Waals surface area contributed by atoms with Gasteiger partial charge in [-0.25, -0.2) is 0 Å². The molecule has 1 amide bonds. The van der Waals surface area contributed by atoms with E-state index in [2.05, 4.69) is 39.9 Å². The third kappa shape index (κ3) is 2.83. The Morgan fingerprint density at radius 2 is 2.07 bits per heavy atom. The molecule has 0 fully saturated rings. The molecule has 1 N–H and O–H groups in total. The number of hydrogen-bond acceptors (Lipinski definition) is 2. The Labute approximate surface area is 163 Å². The van der Waals surface area contributed by atoms with Gasteiger partial charge in [0, 0.05) is 71.7 Å². The number of amides is 1. The maximum Gasteiger partial charge on any atom is 0.224 e. The van der Waals surface area contributed by atoms with Crippen molar-refractivity contribution in [2.75, 3.05) is 13.7 Å². The third-order valence-corrected chi connectivity index (χ3v) is 5.78. The highest BCUT2D eigenvalue weighted by Crippen LogP contribution is 2.28. The van der Waals surface area contributed by atoms with Gasteiger partial charge < -0.3 is 19.2 Å². The second-order valence-corrected chi connectivity index (χ2v) is 7.38. The molecule has 0 unspecified atom stereocenters. The minimum atomic E-state index is 0.214. The number of carbonyl (C=O) groups is 1. The van der Waals surface area contributed by atoms with Crippen LogP contribution in [0.4, 0.5) is 0 Å². The standard InChI is InChI=1S/C23H23N3O2/c1-28-17-6-7-22-16(14-17)8-11-25(22)13-10-23(27)26-12-9-21-19(15-26)18-4-2-3-5-20(18)24-21/h2-8,11,14,24H,9-10,12-13,15H2,1H3. The van der Waals surface area contributed by atoms with Crippen molar-refractivity contribution in [2.45, 2.75) is 25.9 Å². The van der Waals surface area contributed by atoms with E-state index < -0.39 is 0 Å². The van der Waals surface area contributed by atoms with Gasteiger partial charge in [-0.3, -0.25) is 4.79 Å². The summed E-state index contributed by atoms with van der Waals surface area (Å²) in [5.41, 5.74) is 4.84. The maximum atomic E-state index is 12.9. The molecule has 0 saturated carbocycles. The minimum Gasteiger partial charge on any atom is -0.497 e. The topological polar surface area (TPSA) is 50.3 Å². The van der Waals surface area contributed by atoms with E-state index in [4.69, 9.17) is 4.74 Å². The molecular formula is C23H23N3O2. The third-order valence-electron chi connectivity index (χ3n) is 5.78. The number of H-pyrrole nitrogens is 1. The SMILES string of the molecule is COc1ccc2c(ccn2CCC(=O)N2CCc3[nH]c4ccccc4c3C2)c1. The molecule has 5 heteroatoms. The first-order valence-electron chi connectivity index (χ1n) is 9.72. The van der Waals surface area contributed by atoms with Gasteiger partial charge in [-0.2, -0.15) is 0 Å². The number of rotatable bonds is 4. The normalized spacial score (nSPS) is 13.8. The van der Waals surface area contributed by atoms with Crippen LogP contribution in [-0.4, -0.2) is 34.0 Å². The van der Waals surface area contributed by atoms with E-state index in [-0.39, 0.29) is 5.91 Å². The molecule has 5 rings (SSSR count). The van der Waals surface area contributed by atoms with Gasteiger partial charge >= 0.3 is 0 Å². The van der Waals surface area contributed by atoms with Crippen molar-refractivity contribution >= 4 is 27.7 Å². The van der Waals surface area contributed by atoms with Crippen LogP contribution in [0.25, 0.3) is 21.8 Å². The van der Waals surface area contributed by atoms with Crippen molar-refractivity contribution in [1.29, 1.82) is 0 Å². The predicted octanol–water partition coefficient (Wildman–Crippen LogP) is 4.11. The van der Waals surface area contributed by atoms with Gasteiger partial charge in [-0.1, -0.05) is 18.2 Å². The molecule has 0 aliphatic carbocycles. The van der Waals surface area contributed by atoms with Crippen LogP contribution in [0.3, 0.4) is 0 Å². The number of nitrogens with one attached hydrogen (secondary N) is 1. The lowest BCUT2D eigenvalue weighted by molar-refractivity contribution is -0.132. The van der Waals surface area contributed by atoms with Crippen LogP contribution < -0.4 is 4.74 Å². The predicted molar refractivity (Wildman–Crippen MR) is 111 cm³/mol. The average Bonchev–Trinajstić information content (AvgIpc) is 3.32. The van der Waals surface area contributed by atoms with Crippen molar-refractivity contribution < 1.29 is 9.53 Å². The number of benzene rings is 2. The van der Waals surface area contributed by atoms with Crippen LogP contribution in [0.5, 0.6) is 5.75 Å². The van der Waals surface area contributed by atoms with Gasteiger partial charge in [0.1, 0.15) is 5.75 Å². The summed E-state index contributed by atoms with van der Waals surface area (Å²) < 4.78 is 7.44. The lowest BCUT2D eigenvalue weighted by Gasteiger charge is -2.27. The number of aryl methyl sites for hydroxylation is 1. The van der Waals surface area contributed by atoms with Crippen LogP contribution in [-0.2, 0) is 24.3 Å². The molecule has 28 heavy (non-hydrogen) atoms. The fourth-order valence-corrected chi connectivity index (χ4v) is 4.25. The maximum absolute atomic E-state index is 12.9. The van der Waals surface area contributed by atoms with Gasteiger partial charge in [-0.05, 0) is 30.3 Å². The molecule has 1 aliphatic rings. The van der Waals surface area contributed by atoms with E-state index in [9.17, 15) is 4.79 Å². The largest absolute Gasteiger partial charge is 0.497 e. The van der Waals surface area contributed by atoms with Crippen LogP contribution in [0.2, 0.25) is 0 Å². The summed E-state index contributed by atoms with van der Waals surface area (Å²) >= 11 is 0. The number of methoxy groups -OCH3 is 1. The van der Waals surface area contributed by atoms with Crippen LogP contribution in [0, 0.1) is 0 Å². The summed E-state index contributed by atoms with van der Waals surface area (Å²) in [7, 11) is 1.68. The van der Waals surface area contributed by atoms with Gasteiger partial charge in [0.15, 0.2) is 0 Å². The van der Waals surface area contributed by atoms with Crippen LogP contribution in [0.1, 0.15) is 17.7 Å². The van der Waals surface area contributed by atoms with Crippen molar-refractivity contribution in [1.82, 2.24) is 14.5 Å². The number of ether oxygens (including phenoxy) is 1. The zero-order valence-corrected chi connectivity index (χ0v) is 15.9. The Bertz CT molecular complexity index is 1170. The summed E-state index contributed by atoms with van der Waals surface area (Å²) in [6.07, 6.45) is 3.45. The van der Waals surface area contributed by atoms with Gasteiger partial charge in [0.05, 0.1) is 7.11 Å². The quantitative estimate of drug-likeness (QED) is 0.585. The number of carbonyl (C=O) groups excluding carboxylic acids is 1. The Morgan fingerprint density at radius 1 is 1.18 bits per heavy atom. The minimum absolute atomic E-state index is 0.214. The first kappa shape index (κ1) is 16.9. The molecule has 0 atom stereocenters. The van der Waals surface area contributed by atoms with Gasteiger partial charge in [-0.15, -0.1) is 0 Å². The molecule has 1 aliphatic heterocycles. The Balaban J connectivity index is 1.30. The highest BCUT2D eigenvalue weighted by Gasteiger charge is 2.23. The Hall–Kier alpha value is -3.21. The number of nitrogens with zero attached hydrogens (tertiary/aromatic N) is 2. The molecule has 2 aromatic heterocycles. The first-order valence-corrected chi connectivity index (χ1v) is 9.72. The van der Waals surface area contributed by atoms with E-state index in [1.807, 2.05) is 29.3 Å². The summed E-state index contributed by atoms with van der Waals surface area (Å²) in [5, 5.41) is 2.37. The summed E-state index contributed by atoms with van der Waals surface area (Å²) in [5.74, 6) is 1.07. The van der Waals surface area contributed by atoms with E-state index in [0.29, 0.717) is 19.5 Å². The number of aromatic amines is 1. The first-order chi connectivity index (χ1) is 13.7. The highest BCUT2D eigenvalue weighted by molar-refractivity contribution is 5.86. The molecule has 0 spiro atoms. The summed E-state index contributed by atoms with van der Waals surface area (Å²) in [4.78, 5) is 18.4. The summed E-state index contributed by atoms with van der Waals surface area (Å²) in [6, 6.07) is 16.5. The molecule has 0 bridgehead atoms. The molecule has 2 aromatic carbocycles. The zero-order chi connectivity index (χ0) is 19.1. The number of hydrogen-bond donors (Lipinski definition) is 1. The van der Waals surface area contributed by atoms with Crippen molar-refractivity contribution in [3.8, 4) is 5.75 Å². The number of aromatic nitrogens is 2. The fraction of sp³-hybridized carbons (Fsp3) is 0.261. The van der Waals surface area contributed by atoms with Crippen molar-refractivity contribution in [2.24, 2.45) is 0 Å². The second-order valence-electron chi connectivity index (χ2n) is 7.38. The molecule has 142 valence electrons. The van der Waals surface area contributed by atoms with E-state index >= 15 is 0 Å². The van der Waals surface area contributed by atoms with Crippen molar-refractivity contribution in [3.63, 3.8) is 0 Å². The highest BCUT2D eigenvalue weighted by atomic mass is 16.5. The number of para-hydroxylation sites is 1. The van der Waals surface area contributed by atoms with Crippen molar-refractivity contribution in [3.05, 3.63) is 66.0 Å². The smallest absolute Gasteiger partial charge is 0.224 e. The Morgan fingerprint density at radius 3 is 2.96 bits per heavy atom. The average molecular weight is 373 g/mol. The van der Waals surface area contributed by atoms with Gasteiger partial charge in [0.25, 0.3) is 0 Å². The Kier molecular flexibility index (Phi) is 4.08. The van der Waals surface area contributed by atoms with E-state index in [1.54, 1.807) is 7.11 Å². The lowest BCUT2D eigenvalue weighted by atomic mass is 10.0. The van der Waals surface area contributed by atoms with E-state index in [1.165, 1.54) is 16.6 Å². The fourth-order valence-electron chi connectivity index (χ4n) is 4.25. The van der Waals surface area contributed by atoms with Gasteiger partial charge in [0.2, 0.25) is 5.91 Å². The molecule has 0 radical (unpaired) electrons. The second kappa shape index (κ2) is 6.75. The summed E-state index contributed by atoms with van der Waals surface area (Å²) in [6.45, 7) is 2.16. The number of fused-ring (bicyclic) bond motifs is 4. The molecule has 0 saturated heterocycles. The monoisotopic (exact) mass is 373 g/mol. The molecule has 3 heterocycles. The zero-order valence-electron chi connectivity index (χ0n) is 15.9. The lowest BCUT2D eigenvalue weighted by Crippen LogP contribution is -2.36. The van der Waals surface area contributed by atoms with E-state index in [0.717, 1.165) is 35.1 Å². The van der Waals surface area contributed by atoms with Crippen LogP contribution >= 0.6 is 0 Å². The van der Waals surface area contributed by atoms with Crippen LogP contribution in [0.15, 0.2) is 54.7 Å². The molecule has 5 nitrogen and oxygen atoms in total.